The second kappa shape index (κ2) is 8.44. The number of nitro groups is 1. The van der Waals surface area contributed by atoms with Crippen LogP contribution in [0.1, 0.15) is 16.0 Å². The first kappa shape index (κ1) is 19.9. The van der Waals surface area contributed by atoms with Crippen molar-refractivity contribution in [3.05, 3.63) is 83.7 Å². The van der Waals surface area contributed by atoms with Crippen molar-refractivity contribution in [2.45, 2.75) is 19.9 Å². The Labute approximate surface area is 172 Å². The predicted octanol–water partition coefficient (Wildman–Crippen LogP) is 3.51. The molecule has 28 heavy (non-hydrogen) atoms. The van der Waals surface area contributed by atoms with Crippen LogP contribution in [0.5, 0.6) is 0 Å². The van der Waals surface area contributed by atoms with Crippen LogP contribution in [0.4, 0.5) is 10.8 Å². The molecule has 1 amide bonds. The molecule has 1 N–H and O–H groups in total. The van der Waals surface area contributed by atoms with E-state index in [0.717, 1.165) is 43.4 Å². The average Bonchev–Trinajstić information content (AvgIpc) is 3.06. The number of carbonyl (C=O) groups is 1. The number of aryl methyl sites for hydroxylation is 1. The fourth-order valence-electron chi connectivity index (χ4n) is 2.53. The third-order valence-electron chi connectivity index (χ3n) is 3.89. The van der Waals surface area contributed by atoms with Gasteiger partial charge < -0.3 is 5.32 Å². The van der Waals surface area contributed by atoms with Gasteiger partial charge in [0.05, 0.1) is 11.1 Å². The topological polar surface area (TPSA) is 107 Å². The summed E-state index contributed by atoms with van der Waals surface area (Å²) >= 11 is 4.81. The van der Waals surface area contributed by atoms with Gasteiger partial charge in [0.25, 0.3) is 11.2 Å². The van der Waals surface area contributed by atoms with Crippen LogP contribution in [-0.4, -0.2) is 20.4 Å². The third kappa shape index (κ3) is 4.90. The molecule has 0 aliphatic heterocycles. The van der Waals surface area contributed by atoms with Gasteiger partial charge in [-0.25, -0.2) is 4.98 Å². The molecule has 0 aliphatic carbocycles. The predicted molar refractivity (Wildman–Crippen MR) is 110 cm³/mol. The highest BCUT2D eigenvalue weighted by Gasteiger charge is 2.12. The molecule has 0 fully saturated rings. The van der Waals surface area contributed by atoms with Gasteiger partial charge in [-0.1, -0.05) is 28.1 Å². The average molecular weight is 463 g/mol. The Morgan fingerprint density at radius 1 is 1.36 bits per heavy atom. The van der Waals surface area contributed by atoms with Crippen molar-refractivity contribution < 1.29 is 9.72 Å². The zero-order valence-corrected chi connectivity index (χ0v) is 17.1. The second-order valence-electron chi connectivity index (χ2n) is 6.05. The molecule has 144 valence electrons. The van der Waals surface area contributed by atoms with Crippen LogP contribution in [-0.2, 0) is 17.8 Å². The van der Waals surface area contributed by atoms with Gasteiger partial charge in [-0.15, -0.1) is 11.3 Å². The number of hydrogen-bond donors (Lipinski definition) is 1. The minimum absolute atomic E-state index is 0.256. The van der Waals surface area contributed by atoms with E-state index in [9.17, 15) is 19.7 Å². The number of rotatable bonds is 6. The highest BCUT2D eigenvalue weighted by molar-refractivity contribution is 9.10. The van der Waals surface area contributed by atoms with E-state index in [1.807, 2.05) is 19.1 Å². The van der Waals surface area contributed by atoms with E-state index in [-0.39, 0.29) is 12.2 Å². The van der Waals surface area contributed by atoms with Crippen molar-refractivity contribution in [3.8, 4) is 0 Å². The molecule has 0 spiro atoms. The second-order valence-corrected chi connectivity index (χ2v) is 8.02. The van der Waals surface area contributed by atoms with Crippen molar-refractivity contribution >= 4 is 44.0 Å². The number of aromatic nitrogens is 2. The Morgan fingerprint density at radius 2 is 2.14 bits per heavy atom. The molecular formula is C18H15BrN4O4S. The normalized spacial score (nSPS) is 10.6. The summed E-state index contributed by atoms with van der Waals surface area (Å²) in [6, 6.07) is 8.26. The summed E-state index contributed by atoms with van der Waals surface area (Å²) in [5, 5.41) is 13.8. The molecule has 3 aromatic rings. The number of thiazole rings is 1. The molecule has 0 unspecified atom stereocenters. The Hall–Kier alpha value is -2.85. The molecule has 0 bridgehead atoms. The maximum atomic E-state index is 12.2. The van der Waals surface area contributed by atoms with Crippen molar-refractivity contribution in [1.82, 2.24) is 9.55 Å². The summed E-state index contributed by atoms with van der Waals surface area (Å²) in [7, 11) is 0. The van der Waals surface area contributed by atoms with Crippen LogP contribution < -0.4 is 10.9 Å². The molecule has 10 heteroatoms. The molecule has 8 nitrogen and oxygen atoms in total. The fraction of sp³-hybridized carbons (Fsp3) is 0.167. The smallest absolute Gasteiger partial charge is 0.285 e. The maximum Gasteiger partial charge on any atom is 0.285 e. The lowest BCUT2D eigenvalue weighted by atomic mass is 10.1. The van der Waals surface area contributed by atoms with E-state index in [0.29, 0.717) is 11.6 Å². The quantitative estimate of drug-likeness (QED) is 0.445. The highest BCUT2D eigenvalue weighted by Crippen LogP contribution is 2.23. The van der Waals surface area contributed by atoms with E-state index in [2.05, 4.69) is 32.3 Å². The van der Waals surface area contributed by atoms with Gasteiger partial charge in [0.15, 0.2) is 5.13 Å². The lowest BCUT2D eigenvalue weighted by molar-refractivity contribution is -0.385. The Bertz CT molecular complexity index is 1110. The first-order chi connectivity index (χ1) is 13.3. The lowest BCUT2D eigenvalue weighted by Crippen LogP contribution is -2.26. The van der Waals surface area contributed by atoms with E-state index in [1.165, 1.54) is 11.3 Å². The zero-order valence-electron chi connectivity index (χ0n) is 14.7. The molecule has 0 saturated heterocycles. The summed E-state index contributed by atoms with van der Waals surface area (Å²) in [6.07, 6.45) is 3.42. The van der Waals surface area contributed by atoms with E-state index in [4.69, 9.17) is 0 Å². The molecule has 3 rings (SSSR count). The van der Waals surface area contributed by atoms with Crippen molar-refractivity contribution in [1.29, 1.82) is 0 Å². The van der Waals surface area contributed by atoms with Crippen LogP contribution in [0.25, 0.3) is 0 Å². The van der Waals surface area contributed by atoms with Gasteiger partial charge in [-0.3, -0.25) is 24.3 Å². The Balaban J connectivity index is 1.65. The van der Waals surface area contributed by atoms with Crippen LogP contribution in [0.2, 0.25) is 0 Å². The van der Waals surface area contributed by atoms with E-state index < -0.39 is 16.4 Å². The summed E-state index contributed by atoms with van der Waals surface area (Å²) in [5.74, 6) is -0.483. The number of carbonyl (C=O) groups excluding carboxylic acids is 1. The standard InChI is InChI=1S/C18H15BrN4O4S/c1-11-6-12(2-4-15(11)19)7-14-8-20-18(28-14)21-16(24)10-22-9-13(23(26)27)3-5-17(22)25/h2-6,8-9H,7,10H2,1H3,(H,20,21,24). The number of halogens is 1. The number of hydrogen-bond acceptors (Lipinski definition) is 6. The molecule has 0 saturated carbocycles. The largest absolute Gasteiger partial charge is 0.300 e. The number of pyridine rings is 1. The van der Waals surface area contributed by atoms with Crippen LogP contribution >= 0.6 is 27.3 Å². The van der Waals surface area contributed by atoms with Crippen molar-refractivity contribution in [2.75, 3.05) is 5.32 Å². The zero-order chi connectivity index (χ0) is 20.3. The summed E-state index contributed by atoms with van der Waals surface area (Å²) in [4.78, 5) is 39.3. The Morgan fingerprint density at radius 3 is 2.86 bits per heavy atom. The number of benzene rings is 1. The van der Waals surface area contributed by atoms with Gasteiger partial charge in [-0.05, 0) is 24.1 Å². The molecule has 2 heterocycles. The molecule has 0 aliphatic rings. The fourth-order valence-corrected chi connectivity index (χ4v) is 3.64. The van der Waals surface area contributed by atoms with Gasteiger partial charge >= 0.3 is 0 Å². The van der Waals surface area contributed by atoms with Gasteiger partial charge in [0.2, 0.25) is 5.91 Å². The minimum Gasteiger partial charge on any atom is -0.300 e. The Kier molecular flexibility index (Phi) is 6.00. The monoisotopic (exact) mass is 462 g/mol. The van der Waals surface area contributed by atoms with E-state index in [1.54, 1.807) is 6.20 Å². The SMILES string of the molecule is Cc1cc(Cc2cnc(NC(=O)Cn3cc([N+](=O)[O-])ccc3=O)s2)ccc1Br. The van der Waals surface area contributed by atoms with Crippen LogP contribution in [0, 0.1) is 17.0 Å². The van der Waals surface area contributed by atoms with Crippen molar-refractivity contribution in [2.24, 2.45) is 0 Å². The molecule has 2 aromatic heterocycles. The number of anilines is 1. The summed E-state index contributed by atoms with van der Waals surface area (Å²) in [5.41, 5.74) is 1.52. The lowest BCUT2D eigenvalue weighted by Gasteiger charge is -2.05. The molecular weight excluding hydrogens is 448 g/mol. The van der Waals surface area contributed by atoms with E-state index >= 15 is 0 Å². The number of amides is 1. The molecule has 0 atom stereocenters. The van der Waals surface area contributed by atoms with Gasteiger partial charge in [-0.2, -0.15) is 0 Å². The number of nitrogens with zero attached hydrogens (tertiary/aromatic N) is 3. The number of nitrogens with one attached hydrogen (secondary N) is 1. The first-order valence-electron chi connectivity index (χ1n) is 8.16. The van der Waals surface area contributed by atoms with Crippen molar-refractivity contribution in [3.63, 3.8) is 0 Å². The summed E-state index contributed by atoms with van der Waals surface area (Å²) in [6.45, 7) is 1.68. The molecule has 1 aromatic carbocycles. The third-order valence-corrected chi connectivity index (χ3v) is 5.70. The van der Waals surface area contributed by atoms with Gasteiger partial charge in [0.1, 0.15) is 6.54 Å². The molecule has 0 radical (unpaired) electrons. The summed E-state index contributed by atoms with van der Waals surface area (Å²) < 4.78 is 2.04. The van der Waals surface area contributed by atoms with Crippen LogP contribution in [0.3, 0.4) is 0 Å². The maximum absolute atomic E-state index is 12.2. The first-order valence-corrected chi connectivity index (χ1v) is 9.77. The minimum atomic E-state index is -0.620. The van der Waals surface area contributed by atoms with Crippen LogP contribution in [0.15, 0.2) is 52.0 Å². The van der Waals surface area contributed by atoms with Gasteiger partial charge in [0, 0.05) is 34.1 Å². The highest BCUT2D eigenvalue weighted by atomic mass is 79.9.